The van der Waals surface area contributed by atoms with Crippen LogP contribution in [0.5, 0.6) is 0 Å². The van der Waals surface area contributed by atoms with E-state index < -0.39 is 27.0 Å². The largest absolute Gasteiger partial charge is 0.481 e. The van der Waals surface area contributed by atoms with E-state index in [0.29, 0.717) is 25.9 Å². The van der Waals surface area contributed by atoms with E-state index >= 15 is 0 Å². The SMILES string of the molecule is CC(C)S(=O)(=O)c1ccccc1C(=O)N1CCC(C(=O)O)CC1. The maximum atomic E-state index is 12.7. The maximum absolute atomic E-state index is 12.7. The second kappa shape index (κ2) is 6.70. The summed E-state index contributed by atoms with van der Waals surface area (Å²) in [6.07, 6.45) is 0.778. The first-order valence-corrected chi connectivity index (χ1v) is 9.14. The van der Waals surface area contributed by atoms with Crippen molar-refractivity contribution in [2.75, 3.05) is 13.1 Å². The van der Waals surface area contributed by atoms with Crippen molar-refractivity contribution in [1.29, 1.82) is 0 Å². The van der Waals surface area contributed by atoms with Crippen LogP contribution in [0.25, 0.3) is 0 Å². The first kappa shape index (κ1) is 17.5. The van der Waals surface area contributed by atoms with Gasteiger partial charge in [-0.1, -0.05) is 12.1 Å². The number of carbonyl (C=O) groups is 2. The summed E-state index contributed by atoms with van der Waals surface area (Å²) >= 11 is 0. The summed E-state index contributed by atoms with van der Waals surface area (Å²) in [5.74, 6) is -1.64. The average molecular weight is 339 g/mol. The summed E-state index contributed by atoms with van der Waals surface area (Å²) in [4.78, 5) is 25.2. The molecule has 1 aromatic rings. The van der Waals surface area contributed by atoms with Crippen LogP contribution in [-0.4, -0.2) is 48.6 Å². The zero-order valence-electron chi connectivity index (χ0n) is 13.2. The van der Waals surface area contributed by atoms with Crippen molar-refractivity contribution >= 4 is 21.7 Å². The Labute approximate surface area is 136 Å². The quantitative estimate of drug-likeness (QED) is 0.903. The number of piperidine rings is 1. The number of carboxylic acid groups (broad SMARTS) is 1. The first-order valence-electron chi connectivity index (χ1n) is 7.60. The van der Waals surface area contributed by atoms with E-state index in [1.807, 2.05) is 0 Å². The van der Waals surface area contributed by atoms with E-state index in [-0.39, 0.29) is 16.4 Å². The van der Waals surface area contributed by atoms with Crippen LogP contribution in [0, 0.1) is 5.92 Å². The standard InChI is InChI=1S/C16H21NO5S/c1-11(2)23(21,22)14-6-4-3-5-13(14)15(18)17-9-7-12(8-10-17)16(19)20/h3-6,11-12H,7-10H2,1-2H3,(H,19,20). The van der Waals surface area contributed by atoms with Gasteiger partial charge in [-0.15, -0.1) is 0 Å². The molecule has 6 nitrogen and oxygen atoms in total. The number of hydrogen-bond donors (Lipinski definition) is 1. The van der Waals surface area contributed by atoms with Gasteiger partial charge in [-0.05, 0) is 38.8 Å². The van der Waals surface area contributed by atoms with Crippen LogP contribution in [0.15, 0.2) is 29.2 Å². The third-order valence-corrected chi connectivity index (χ3v) is 6.39. The molecule has 0 bridgehead atoms. The molecule has 0 saturated carbocycles. The van der Waals surface area contributed by atoms with E-state index in [1.54, 1.807) is 26.0 Å². The number of carboxylic acids is 1. The monoisotopic (exact) mass is 339 g/mol. The lowest BCUT2D eigenvalue weighted by molar-refractivity contribution is -0.143. The molecular formula is C16H21NO5S. The molecule has 1 heterocycles. The van der Waals surface area contributed by atoms with Crippen LogP contribution in [-0.2, 0) is 14.6 Å². The fourth-order valence-corrected chi connectivity index (χ4v) is 3.88. The summed E-state index contributed by atoms with van der Waals surface area (Å²) in [5, 5.41) is 8.39. The predicted octanol–water partition coefficient (Wildman–Crippen LogP) is 1.81. The molecular weight excluding hydrogens is 318 g/mol. The van der Waals surface area contributed by atoms with E-state index in [4.69, 9.17) is 5.11 Å². The van der Waals surface area contributed by atoms with E-state index in [2.05, 4.69) is 0 Å². The van der Waals surface area contributed by atoms with Crippen LogP contribution in [0.1, 0.15) is 37.0 Å². The number of benzene rings is 1. The lowest BCUT2D eigenvalue weighted by Crippen LogP contribution is -2.40. The molecule has 1 aromatic carbocycles. The molecule has 1 N–H and O–H groups in total. The molecule has 0 atom stereocenters. The van der Waals surface area contributed by atoms with Crippen molar-refractivity contribution < 1.29 is 23.1 Å². The Balaban J connectivity index is 2.27. The Kier molecular flexibility index (Phi) is 5.09. The smallest absolute Gasteiger partial charge is 0.306 e. The van der Waals surface area contributed by atoms with Crippen molar-refractivity contribution in [2.45, 2.75) is 36.8 Å². The second-order valence-corrected chi connectivity index (χ2v) is 8.47. The highest BCUT2D eigenvalue weighted by atomic mass is 32.2. The molecule has 23 heavy (non-hydrogen) atoms. The summed E-state index contributed by atoms with van der Waals surface area (Å²) in [7, 11) is -3.56. The molecule has 0 radical (unpaired) electrons. The third-order valence-electron chi connectivity index (χ3n) is 4.18. The van der Waals surface area contributed by atoms with Crippen molar-refractivity contribution in [3.63, 3.8) is 0 Å². The Hall–Kier alpha value is -1.89. The third kappa shape index (κ3) is 3.55. The fraction of sp³-hybridized carbons (Fsp3) is 0.500. The first-order chi connectivity index (χ1) is 10.7. The van der Waals surface area contributed by atoms with Crippen LogP contribution in [0.4, 0.5) is 0 Å². The number of aliphatic carboxylic acids is 1. The molecule has 2 rings (SSSR count). The topological polar surface area (TPSA) is 91.8 Å². The number of rotatable bonds is 4. The van der Waals surface area contributed by atoms with Crippen molar-refractivity contribution in [3.8, 4) is 0 Å². The van der Waals surface area contributed by atoms with E-state index in [0.717, 1.165) is 0 Å². The molecule has 1 aliphatic heterocycles. The molecule has 126 valence electrons. The van der Waals surface area contributed by atoms with Gasteiger partial charge < -0.3 is 10.0 Å². The summed E-state index contributed by atoms with van der Waals surface area (Å²) < 4.78 is 24.9. The lowest BCUT2D eigenvalue weighted by atomic mass is 9.96. The van der Waals surface area contributed by atoms with Crippen molar-refractivity contribution in [2.24, 2.45) is 5.92 Å². The van der Waals surface area contributed by atoms with Crippen LogP contribution >= 0.6 is 0 Å². The van der Waals surface area contributed by atoms with Gasteiger partial charge in [0, 0.05) is 13.1 Å². The highest BCUT2D eigenvalue weighted by molar-refractivity contribution is 7.92. The lowest BCUT2D eigenvalue weighted by Gasteiger charge is -2.30. The summed E-state index contributed by atoms with van der Waals surface area (Å²) in [6, 6.07) is 6.20. The average Bonchev–Trinajstić information content (AvgIpc) is 2.54. The highest BCUT2D eigenvalue weighted by Gasteiger charge is 2.31. The zero-order valence-corrected chi connectivity index (χ0v) is 14.0. The number of sulfone groups is 1. The summed E-state index contributed by atoms with van der Waals surface area (Å²) in [6.45, 7) is 3.81. The number of carbonyl (C=O) groups excluding carboxylic acids is 1. The maximum Gasteiger partial charge on any atom is 0.306 e. The minimum Gasteiger partial charge on any atom is -0.481 e. The molecule has 0 aliphatic carbocycles. The van der Waals surface area contributed by atoms with Gasteiger partial charge in [-0.25, -0.2) is 8.42 Å². The molecule has 1 aliphatic rings. The van der Waals surface area contributed by atoms with Gasteiger partial charge in [0.05, 0.1) is 21.6 Å². The summed E-state index contributed by atoms with van der Waals surface area (Å²) in [5.41, 5.74) is 0.162. The number of hydrogen-bond acceptors (Lipinski definition) is 4. The number of likely N-dealkylation sites (tertiary alicyclic amines) is 1. The Morgan fingerprint density at radius 2 is 1.74 bits per heavy atom. The minimum absolute atomic E-state index is 0.0420. The van der Waals surface area contributed by atoms with Crippen molar-refractivity contribution in [3.05, 3.63) is 29.8 Å². The second-order valence-electron chi connectivity index (χ2n) is 5.99. The van der Waals surface area contributed by atoms with Crippen LogP contribution in [0.3, 0.4) is 0 Å². The van der Waals surface area contributed by atoms with Gasteiger partial charge in [0.1, 0.15) is 0 Å². The zero-order chi connectivity index (χ0) is 17.2. The van der Waals surface area contributed by atoms with Gasteiger partial charge in [-0.2, -0.15) is 0 Å². The van der Waals surface area contributed by atoms with Gasteiger partial charge in [0.2, 0.25) is 0 Å². The Morgan fingerprint density at radius 3 is 2.26 bits per heavy atom. The molecule has 1 saturated heterocycles. The molecule has 1 amide bonds. The van der Waals surface area contributed by atoms with Crippen molar-refractivity contribution in [1.82, 2.24) is 4.90 Å². The molecule has 0 aromatic heterocycles. The Morgan fingerprint density at radius 1 is 1.17 bits per heavy atom. The van der Waals surface area contributed by atoms with E-state index in [9.17, 15) is 18.0 Å². The van der Waals surface area contributed by atoms with Gasteiger partial charge in [0.15, 0.2) is 9.84 Å². The van der Waals surface area contributed by atoms with Gasteiger partial charge >= 0.3 is 5.97 Å². The van der Waals surface area contributed by atoms with Gasteiger partial charge in [-0.3, -0.25) is 9.59 Å². The number of amides is 1. The highest BCUT2D eigenvalue weighted by Crippen LogP contribution is 2.24. The Bertz CT molecular complexity index is 703. The normalized spacial score (nSPS) is 16.6. The van der Waals surface area contributed by atoms with Crippen LogP contribution in [0.2, 0.25) is 0 Å². The van der Waals surface area contributed by atoms with Gasteiger partial charge in [0.25, 0.3) is 5.91 Å². The fourth-order valence-electron chi connectivity index (χ4n) is 2.65. The molecule has 7 heteroatoms. The molecule has 0 unspecified atom stereocenters. The van der Waals surface area contributed by atoms with E-state index in [1.165, 1.54) is 17.0 Å². The molecule has 0 spiro atoms. The minimum atomic E-state index is -3.56. The predicted molar refractivity (Wildman–Crippen MR) is 85.0 cm³/mol. The number of nitrogens with zero attached hydrogens (tertiary/aromatic N) is 1. The van der Waals surface area contributed by atoms with Crippen LogP contribution < -0.4 is 0 Å². The molecule has 1 fully saturated rings.